The summed E-state index contributed by atoms with van der Waals surface area (Å²) >= 11 is 0. The molecule has 9 heteroatoms. The second-order valence-electron chi connectivity index (χ2n) is 5.58. The van der Waals surface area contributed by atoms with E-state index < -0.39 is 5.82 Å². The van der Waals surface area contributed by atoms with E-state index >= 15 is 0 Å². The molecule has 8 nitrogen and oxygen atoms in total. The lowest BCUT2D eigenvalue weighted by atomic mass is 10.1. The first-order valence-corrected chi connectivity index (χ1v) is 7.94. The Balaban J connectivity index is 2.00. The molecule has 0 aliphatic rings. The van der Waals surface area contributed by atoms with E-state index in [2.05, 4.69) is 26.8 Å². The highest BCUT2D eigenvalue weighted by atomic mass is 19.1. The molecule has 0 amide bonds. The van der Waals surface area contributed by atoms with Gasteiger partial charge in [-0.2, -0.15) is 0 Å². The van der Waals surface area contributed by atoms with Gasteiger partial charge in [0.1, 0.15) is 5.82 Å². The van der Waals surface area contributed by atoms with Crippen LogP contribution in [0.15, 0.2) is 39.7 Å². The van der Waals surface area contributed by atoms with E-state index in [0.717, 1.165) is 0 Å². The van der Waals surface area contributed by atoms with Gasteiger partial charge in [-0.1, -0.05) is 11.0 Å². The molecular weight excluding hydrogens is 353 g/mol. The number of rotatable bonds is 6. The predicted octanol–water partition coefficient (Wildman–Crippen LogP) is 1.70. The Morgan fingerprint density at radius 3 is 2.85 bits per heavy atom. The molecule has 27 heavy (non-hydrogen) atoms. The van der Waals surface area contributed by atoms with Crippen LogP contribution < -0.4 is 16.2 Å². The largest absolute Gasteiger partial charge is 0.403 e. The molecular formula is C18H16FN5O3. The fraction of sp³-hybridized carbons (Fsp3) is 0.167. The van der Waals surface area contributed by atoms with Crippen LogP contribution in [0, 0.1) is 18.2 Å². The minimum Gasteiger partial charge on any atom is -0.403 e. The highest BCUT2D eigenvalue weighted by Crippen LogP contribution is 2.30. The Morgan fingerprint density at radius 1 is 1.33 bits per heavy atom. The van der Waals surface area contributed by atoms with E-state index in [1.165, 1.54) is 29.0 Å². The molecule has 0 unspecified atom stereocenters. The van der Waals surface area contributed by atoms with Crippen LogP contribution in [0.1, 0.15) is 5.56 Å². The number of hydrogen-bond donors (Lipinski definition) is 3. The summed E-state index contributed by atoms with van der Waals surface area (Å²) in [6.45, 7) is 0.143. The molecule has 0 saturated carbocycles. The van der Waals surface area contributed by atoms with Crippen LogP contribution in [0.2, 0.25) is 0 Å². The normalized spacial score (nSPS) is 10.4. The van der Waals surface area contributed by atoms with Gasteiger partial charge in [0.25, 0.3) is 11.4 Å². The molecule has 2 heterocycles. The molecule has 0 bridgehead atoms. The second kappa shape index (κ2) is 7.72. The van der Waals surface area contributed by atoms with Gasteiger partial charge in [-0.25, -0.2) is 4.39 Å². The van der Waals surface area contributed by atoms with Gasteiger partial charge in [-0.3, -0.25) is 4.79 Å². The van der Waals surface area contributed by atoms with Gasteiger partial charge in [0, 0.05) is 31.4 Å². The maximum atomic E-state index is 14.3. The number of aliphatic hydroxyl groups excluding tert-OH is 1. The van der Waals surface area contributed by atoms with Gasteiger partial charge >= 0.3 is 6.01 Å². The zero-order chi connectivity index (χ0) is 19.4. The van der Waals surface area contributed by atoms with E-state index in [1.54, 1.807) is 13.1 Å². The molecule has 0 atom stereocenters. The molecule has 0 aliphatic heterocycles. The average molecular weight is 369 g/mol. The van der Waals surface area contributed by atoms with Crippen molar-refractivity contribution < 1.29 is 13.9 Å². The third-order valence-corrected chi connectivity index (χ3v) is 3.68. The Bertz CT molecular complexity index is 1070. The summed E-state index contributed by atoms with van der Waals surface area (Å²) in [7, 11) is 1.57. The van der Waals surface area contributed by atoms with Gasteiger partial charge in [0.05, 0.1) is 23.5 Å². The first kappa shape index (κ1) is 18.2. The minimum atomic E-state index is -0.562. The van der Waals surface area contributed by atoms with Crippen LogP contribution in [0.25, 0.3) is 11.5 Å². The number of aryl methyl sites for hydroxylation is 1. The van der Waals surface area contributed by atoms with Crippen molar-refractivity contribution in [1.29, 1.82) is 0 Å². The quantitative estimate of drug-likeness (QED) is 0.568. The summed E-state index contributed by atoms with van der Waals surface area (Å²) in [6, 6.07) is 5.69. The van der Waals surface area contributed by atoms with Crippen LogP contribution in [-0.2, 0) is 7.05 Å². The SMILES string of the molecule is C#Cc1ccc(Nc2cc(=O)n(C)cc2-c2nnc(NCCO)o2)c(F)c1. The van der Waals surface area contributed by atoms with E-state index in [9.17, 15) is 9.18 Å². The lowest BCUT2D eigenvalue weighted by Gasteiger charge is -2.12. The highest BCUT2D eigenvalue weighted by Gasteiger charge is 2.16. The topological polar surface area (TPSA) is 105 Å². The van der Waals surface area contributed by atoms with Crippen LogP contribution in [0.3, 0.4) is 0 Å². The Labute approximate surface area is 153 Å². The van der Waals surface area contributed by atoms with Crippen LogP contribution >= 0.6 is 0 Å². The average Bonchev–Trinajstić information content (AvgIpc) is 3.13. The third-order valence-electron chi connectivity index (χ3n) is 3.68. The van der Waals surface area contributed by atoms with Crippen LogP contribution in [0.5, 0.6) is 0 Å². The van der Waals surface area contributed by atoms with Crippen molar-refractivity contribution in [2.45, 2.75) is 0 Å². The van der Waals surface area contributed by atoms with Crippen molar-refractivity contribution in [2.24, 2.45) is 7.05 Å². The Hall–Kier alpha value is -3.64. The number of benzene rings is 1. The molecule has 2 aromatic heterocycles. The number of nitrogens with one attached hydrogen (secondary N) is 2. The molecule has 0 saturated heterocycles. The number of aromatic nitrogens is 3. The summed E-state index contributed by atoms with van der Waals surface area (Å²) in [4.78, 5) is 12.0. The Morgan fingerprint density at radius 2 is 2.15 bits per heavy atom. The number of pyridine rings is 1. The van der Waals surface area contributed by atoms with Crippen LogP contribution in [-0.4, -0.2) is 33.0 Å². The van der Waals surface area contributed by atoms with Crippen molar-refractivity contribution in [1.82, 2.24) is 14.8 Å². The minimum absolute atomic E-state index is 0.0999. The lowest BCUT2D eigenvalue weighted by molar-refractivity contribution is 0.309. The number of hydrogen-bond acceptors (Lipinski definition) is 7. The number of halogens is 1. The summed E-state index contributed by atoms with van der Waals surface area (Å²) < 4.78 is 21.1. The smallest absolute Gasteiger partial charge is 0.315 e. The summed E-state index contributed by atoms with van der Waals surface area (Å²) in [6.07, 6.45) is 6.77. The number of terminal acetylenes is 1. The van der Waals surface area contributed by atoms with E-state index in [-0.39, 0.29) is 36.3 Å². The summed E-state index contributed by atoms with van der Waals surface area (Å²) in [5.41, 5.74) is 0.935. The fourth-order valence-corrected chi connectivity index (χ4v) is 2.32. The standard InChI is InChI=1S/C18H16FN5O3/c1-3-11-4-5-14(13(19)8-11)21-15-9-16(26)24(2)10-12(15)17-22-23-18(27-17)20-6-7-25/h1,4-5,8-10,21,25H,6-7H2,2H3,(H,20,23). The molecule has 0 radical (unpaired) electrons. The van der Waals surface area contributed by atoms with Crippen molar-refractivity contribution in [2.75, 3.05) is 23.8 Å². The van der Waals surface area contributed by atoms with Gasteiger partial charge in [0.15, 0.2) is 0 Å². The molecule has 1 aromatic carbocycles. The number of anilines is 3. The van der Waals surface area contributed by atoms with E-state index in [4.69, 9.17) is 15.9 Å². The van der Waals surface area contributed by atoms with Crippen molar-refractivity contribution in [3.8, 4) is 23.8 Å². The van der Waals surface area contributed by atoms with E-state index in [0.29, 0.717) is 16.8 Å². The van der Waals surface area contributed by atoms with Gasteiger partial charge in [-0.05, 0) is 18.2 Å². The fourth-order valence-electron chi connectivity index (χ4n) is 2.32. The van der Waals surface area contributed by atoms with Crippen molar-refractivity contribution in [3.63, 3.8) is 0 Å². The maximum absolute atomic E-state index is 14.3. The van der Waals surface area contributed by atoms with Gasteiger partial charge in [-0.15, -0.1) is 11.5 Å². The third kappa shape index (κ3) is 3.96. The predicted molar refractivity (Wildman–Crippen MR) is 98.2 cm³/mol. The zero-order valence-corrected chi connectivity index (χ0v) is 14.4. The summed E-state index contributed by atoms with van der Waals surface area (Å²) in [5.74, 6) is 1.91. The number of aliphatic hydroxyl groups is 1. The van der Waals surface area contributed by atoms with Crippen molar-refractivity contribution >= 4 is 17.4 Å². The first-order valence-electron chi connectivity index (χ1n) is 7.94. The van der Waals surface area contributed by atoms with Gasteiger partial charge < -0.3 is 24.7 Å². The lowest BCUT2D eigenvalue weighted by Crippen LogP contribution is -2.16. The molecule has 0 aliphatic carbocycles. The zero-order valence-electron chi connectivity index (χ0n) is 14.4. The first-order chi connectivity index (χ1) is 13.0. The molecule has 3 N–H and O–H groups in total. The monoisotopic (exact) mass is 369 g/mol. The maximum Gasteiger partial charge on any atom is 0.315 e. The molecule has 0 fully saturated rings. The van der Waals surface area contributed by atoms with Crippen molar-refractivity contribution in [3.05, 3.63) is 52.2 Å². The molecule has 138 valence electrons. The second-order valence-corrected chi connectivity index (χ2v) is 5.58. The Kier molecular flexibility index (Phi) is 5.19. The van der Waals surface area contributed by atoms with Gasteiger partial charge in [0.2, 0.25) is 0 Å². The molecule has 3 aromatic rings. The van der Waals surface area contributed by atoms with E-state index in [1.807, 2.05) is 0 Å². The number of nitrogens with zero attached hydrogens (tertiary/aromatic N) is 3. The highest BCUT2D eigenvalue weighted by molar-refractivity contribution is 5.76. The van der Waals surface area contributed by atoms with Crippen LogP contribution in [0.4, 0.5) is 21.8 Å². The molecule has 3 rings (SSSR count). The molecule has 0 spiro atoms. The summed E-state index contributed by atoms with van der Waals surface area (Å²) in [5, 5.41) is 22.2.